The van der Waals surface area contributed by atoms with Gasteiger partial charge in [0, 0.05) is 6.92 Å². The molecule has 194 valence electrons. The topological polar surface area (TPSA) is 108 Å². The van der Waals surface area contributed by atoms with Gasteiger partial charge in [0.1, 0.15) is 19.8 Å². The predicted molar refractivity (Wildman–Crippen MR) is 131 cm³/mol. The number of hydrogen-bond donors (Lipinski definition) is 1. The van der Waals surface area contributed by atoms with E-state index in [0.717, 1.165) is 37.9 Å². The lowest BCUT2D eigenvalue weighted by atomic mass is 10.2. The predicted octanol–water partition coefficient (Wildman–Crippen LogP) is 3.95. The third-order valence-corrected chi connectivity index (χ3v) is 6.21. The fraction of sp³-hybridized carbons (Fsp3) is 0.818. The molecule has 0 radical (unpaired) electrons. The molecule has 0 aromatic heterocycles. The fourth-order valence-corrected chi connectivity index (χ4v) is 3.97. The number of phosphoric acid groups is 1. The zero-order valence-corrected chi connectivity index (χ0v) is 22.5. The number of quaternary nitrogens is 1. The molecular weight excluding hydrogens is 469 g/mol. The molecule has 33 heavy (non-hydrogen) atoms. The Labute approximate surface area is 203 Å². The first-order valence-electron chi connectivity index (χ1n) is 11.4. The van der Waals surface area contributed by atoms with Crippen molar-refractivity contribution < 1.29 is 42.1 Å². The molecular formula is C22H43NO8PS+. The maximum Gasteiger partial charge on any atom is 0.472 e. The number of likely N-dealkylation sites (N-methyl/N-ethyl adjacent to an activating group) is 1. The Bertz CT molecular complexity index is 624. The lowest BCUT2D eigenvalue weighted by Gasteiger charge is -2.24. The van der Waals surface area contributed by atoms with Crippen LogP contribution in [0.3, 0.4) is 0 Å². The average molecular weight is 513 g/mol. The van der Waals surface area contributed by atoms with Crippen LogP contribution in [-0.4, -0.2) is 86.4 Å². The Morgan fingerprint density at radius 2 is 1.76 bits per heavy atom. The van der Waals surface area contributed by atoms with E-state index in [0.29, 0.717) is 11.0 Å². The molecule has 0 spiro atoms. The Kier molecular flexibility index (Phi) is 17.9. The summed E-state index contributed by atoms with van der Waals surface area (Å²) in [5, 5.41) is 0. The van der Waals surface area contributed by atoms with E-state index in [-0.39, 0.29) is 19.0 Å². The highest BCUT2D eigenvalue weighted by Crippen LogP contribution is 2.43. The summed E-state index contributed by atoms with van der Waals surface area (Å²) < 4.78 is 32.5. The molecule has 0 aromatic rings. The number of carbonyl (C=O) groups is 2. The van der Waals surface area contributed by atoms with E-state index in [4.69, 9.17) is 18.5 Å². The van der Waals surface area contributed by atoms with Gasteiger partial charge in [-0.25, -0.2) is 4.57 Å². The number of esters is 2. The molecule has 0 aliphatic carbocycles. The molecule has 0 saturated carbocycles. The third kappa shape index (κ3) is 22.6. The minimum Gasteiger partial charge on any atom is -0.461 e. The van der Waals surface area contributed by atoms with Crippen LogP contribution >= 0.6 is 19.6 Å². The maximum absolute atomic E-state index is 12.0. The molecule has 0 amide bonds. The number of nitrogens with zero attached hydrogens (tertiary/aromatic N) is 1. The molecule has 0 bridgehead atoms. The lowest BCUT2D eigenvalue weighted by molar-refractivity contribution is -0.870. The van der Waals surface area contributed by atoms with Gasteiger partial charge in [0.15, 0.2) is 6.10 Å². The highest BCUT2D eigenvalue weighted by Gasteiger charge is 2.26. The highest BCUT2D eigenvalue weighted by atomic mass is 32.2. The second kappa shape index (κ2) is 18.4. The van der Waals surface area contributed by atoms with Crippen LogP contribution in [0, 0.1) is 0 Å². The summed E-state index contributed by atoms with van der Waals surface area (Å²) in [4.78, 5) is 33.0. The molecule has 11 heteroatoms. The highest BCUT2D eigenvalue weighted by molar-refractivity contribution is 7.99. The van der Waals surface area contributed by atoms with Gasteiger partial charge in [-0.3, -0.25) is 18.6 Å². The summed E-state index contributed by atoms with van der Waals surface area (Å²) in [6, 6.07) is 0. The summed E-state index contributed by atoms with van der Waals surface area (Å²) in [5.74, 6) is 0.00236. The molecule has 9 nitrogen and oxygen atoms in total. The van der Waals surface area contributed by atoms with Crippen LogP contribution in [0.1, 0.15) is 52.4 Å². The number of hydrogen-bond acceptors (Lipinski definition) is 8. The van der Waals surface area contributed by atoms with E-state index in [1.54, 1.807) is 0 Å². The summed E-state index contributed by atoms with van der Waals surface area (Å²) >= 11 is 1.49. The maximum atomic E-state index is 12.0. The fourth-order valence-electron chi connectivity index (χ4n) is 2.42. The lowest BCUT2D eigenvalue weighted by Crippen LogP contribution is -2.37. The van der Waals surface area contributed by atoms with Crippen LogP contribution in [0.4, 0.5) is 0 Å². The second-order valence-corrected chi connectivity index (χ2v) is 11.2. The molecule has 0 fully saturated rings. The number of unbranched alkanes of at least 4 members (excludes halogenated alkanes) is 4. The van der Waals surface area contributed by atoms with Gasteiger partial charge in [-0.2, -0.15) is 11.8 Å². The molecule has 1 N–H and O–H groups in total. The summed E-state index contributed by atoms with van der Waals surface area (Å²) in [6.45, 7) is 3.20. The summed E-state index contributed by atoms with van der Waals surface area (Å²) in [7, 11) is 1.45. The van der Waals surface area contributed by atoms with Crippen LogP contribution in [0.15, 0.2) is 12.2 Å². The Morgan fingerprint density at radius 1 is 1.06 bits per heavy atom. The van der Waals surface area contributed by atoms with Crippen LogP contribution in [0.2, 0.25) is 0 Å². The molecule has 0 heterocycles. The van der Waals surface area contributed by atoms with Crippen molar-refractivity contribution >= 4 is 31.5 Å². The first kappa shape index (κ1) is 32.1. The van der Waals surface area contributed by atoms with Gasteiger partial charge in [0.05, 0.1) is 33.5 Å². The van der Waals surface area contributed by atoms with Gasteiger partial charge in [0.25, 0.3) is 0 Å². The minimum absolute atomic E-state index is 0.0251. The van der Waals surface area contributed by atoms with Crippen LogP contribution in [0.25, 0.3) is 0 Å². The van der Waals surface area contributed by atoms with Crippen molar-refractivity contribution in [1.82, 2.24) is 0 Å². The molecule has 0 aliphatic rings. The van der Waals surface area contributed by atoms with Gasteiger partial charge in [-0.1, -0.05) is 31.9 Å². The molecule has 0 rings (SSSR count). The van der Waals surface area contributed by atoms with Gasteiger partial charge in [0.2, 0.25) is 0 Å². The number of carbonyl (C=O) groups excluding carboxylic acids is 2. The first-order valence-corrected chi connectivity index (χ1v) is 14.1. The van der Waals surface area contributed by atoms with Crippen molar-refractivity contribution in [2.45, 2.75) is 58.5 Å². The van der Waals surface area contributed by atoms with Crippen molar-refractivity contribution in [1.29, 1.82) is 0 Å². The van der Waals surface area contributed by atoms with Crippen LogP contribution < -0.4 is 0 Å². The largest absolute Gasteiger partial charge is 0.472 e. The molecule has 0 saturated heterocycles. The van der Waals surface area contributed by atoms with Gasteiger partial charge in [-0.15, -0.1) is 0 Å². The standard InChI is InChI=1S/C22H42NO8PS/c1-6-7-8-9-10-11-12-13-16-33-19-22(25)28-17-21(31-20(2)24)18-30-32(26,27)29-15-14-23(3,4)5/h8-9,21H,6-7,10-19H2,1-5H3/p+1. The molecule has 2 atom stereocenters. The van der Waals surface area contributed by atoms with E-state index in [1.807, 2.05) is 21.1 Å². The Morgan fingerprint density at radius 3 is 2.39 bits per heavy atom. The number of thioether (sulfide) groups is 1. The quantitative estimate of drug-likeness (QED) is 0.0853. The zero-order valence-electron chi connectivity index (χ0n) is 20.8. The van der Waals surface area contributed by atoms with E-state index in [2.05, 4.69) is 19.1 Å². The summed E-state index contributed by atoms with van der Waals surface area (Å²) in [6.07, 6.45) is 10.1. The molecule has 0 aromatic carbocycles. The summed E-state index contributed by atoms with van der Waals surface area (Å²) in [5.41, 5.74) is 0. The second-order valence-electron chi connectivity index (χ2n) is 8.69. The normalized spacial score (nSPS) is 14.7. The monoisotopic (exact) mass is 512 g/mol. The average Bonchev–Trinajstić information content (AvgIpc) is 2.70. The minimum atomic E-state index is -4.31. The molecule has 0 aliphatic heterocycles. The van der Waals surface area contributed by atoms with Crippen molar-refractivity contribution in [2.75, 3.05) is 59.0 Å². The van der Waals surface area contributed by atoms with Gasteiger partial charge >= 0.3 is 19.8 Å². The van der Waals surface area contributed by atoms with E-state index < -0.39 is 32.5 Å². The number of ether oxygens (including phenoxy) is 2. The number of phosphoric ester groups is 1. The van der Waals surface area contributed by atoms with Crippen molar-refractivity contribution in [3.63, 3.8) is 0 Å². The SMILES string of the molecule is CCCC=CCCCCCSCC(=O)OCC(COP(=O)(O)OCC[N+](C)(C)C)OC(C)=O. The van der Waals surface area contributed by atoms with Gasteiger partial charge < -0.3 is 18.9 Å². The van der Waals surface area contributed by atoms with E-state index in [9.17, 15) is 19.0 Å². The zero-order chi connectivity index (χ0) is 25.2. The van der Waals surface area contributed by atoms with Crippen molar-refractivity contribution in [2.24, 2.45) is 0 Å². The Balaban J connectivity index is 4.12. The Hall–Kier alpha value is -0.900. The number of rotatable bonds is 20. The van der Waals surface area contributed by atoms with Crippen molar-refractivity contribution in [3.05, 3.63) is 12.2 Å². The van der Waals surface area contributed by atoms with Gasteiger partial charge in [-0.05, 0) is 31.4 Å². The van der Waals surface area contributed by atoms with E-state index >= 15 is 0 Å². The van der Waals surface area contributed by atoms with Crippen molar-refractivity contribution in [3.8, 4) is 0 Å². The number of allylic oxidation sites excluding steroid dienone is 2. The van der Waals surface area contributed by atoms with E-state index in [1.165, 1.54) is 25.1 Å². The first-order chi connectivity index (χ1) is 15.4. The molecule has 2 unspecified atom stereocenters. The van der Waals surface area contributed by atoms with Crippen LogP contribution in [-0.2, 0) is 32.7 Å². The third-order valence-electron chi connectivity index (χ3n) is 4.20. The smallest absolute Gasteiger partial charge is 0.461 e. The van der Waals surface area contributed by atoms with Crippen LogP contribution in [0.5, 0.6) is 0 Å².